The molecule has 21 rings (SSSR count). The lowest BCUT2D eigenvalue weighted by Crippen LogP contribution is -2.47. The number of nitrogens with two attached hydrogens (primary N) is 3. The highest BCUT2D eigenvalue weighted by Crippen LogP contribution is 2.52. The van der Waals surface area contributed by atoms with Gasteiger partial charge in [0.1, 0.15) is 37.8 Å². The molecule has 11 amide bonds. The highest BCUT2D eigenvalue weighted by Gasteiger charge is 2.59. The van der Waals surface area contributed by atoms with E-state index in [0.717, 1.165) is 37.3 Å². The van der Waals surface area contributed by atoms with Gasteiger partial charge in [-0.15, -0.1) is 0 Å². The normalized spacial score (nSPS) is 20.8. The number of amides is 11. The number of isocyanates is 1. The number of carbonyl (C=O) groups excluding carboxylic acids is 11. The van der Waals surface area contributed by atoms with Crippen LogP contribution in [0.4, 0.5) is 64.0 Å². The molecule has 145 heavy (non-hydrogen) atoms. The van der Waals surface area contributed by atoms with Gasteiger partial charge in [-0.05, 0) is 186 Å². The number of primary amides is 3. The molecular weight excluding hydrogens is 1950 g/mol. The summed E-state index contributed by atoms with van der Waals surface area (Å²) in [5, 5.41) is 37.1. The number of likely N-dealkylation sites (tertiary alicyclic amines) is 4. The summed E-state index contributed by atoms with van der Waals surface area (Å²) in [4.78, 5) is 161. The van der Waals surface area contributed by atoms with Crippen LogP contribution in [0.5, 0.6) is 0 Å². The van der Waals surface area contributed by atoms with Crippen molar-refractivity contribution in [1.29, 1.82) is 0 Å². The van der Waals surface area contributed by atoms with Crippen LogP contribution < -0.4 is 43.8 Å². The molecule has 12 aromatic rings. The molecule has 0 spiro atoms. The Balaban J connectivity index is 0.000000139. The summed E-state index contributed by atoms with van der Waals surface area (Å²) in [5.74, 6) is -13.4. The molecule has 33 nitrogen and oxygen atoms in total. The van der Waals surface area contributed by atoms with E-state index in [0.29, 0.717) is 85.5 Å². The van der Waals surface area contributed by atoms with Crippen molar-refractivity contribution in [3.63, 3.8) is 0 Å². The van der Waals surface area contributed by atoms with Gasteiger partial charge in [0.05, 0.1) is 64.1 Å². The molecule has 0 radical (unpaired) electrons. The Morgan fingerprint density at radius 1 is 0.483 bits per heavy atom. The predicted molar refractivity (Wildman–Crippen MR) is 524 cm³/mol. The van der Waals surface area contributed by atoms with Crippen molar-refractivity contribution in [2.45, 2.75) is 158 Å². The number of urea groups is 1. The Morgan fingerprint density at radius 3 is 1.23 bits per heavy atom. The molecule has 9 fully saturated rings. The van der Waals surface area contributed by atoms with E-state index >= 15 is 13.2 Å². The van der Waals surface area contributed by atoms with Crippen molar-refractivity contribution in [2.24, 2.45) is 39.9 Å². The number of aromatic carboxylic acids is 1. The summed E-state index contributed by atoms with van der Waals surface area (Å²) in [6.45, 7) is 2.30. The molecule has 1 unspecified atom stereocenters. The molecule has 3 saturated carbocycles. The van der Waals surface area contributed by atoms with E-state index in [1.54, 1.807) is 115 Å². The summed E-state index contributed by atoms with van der Waals surface area (Å²) >= 11 is 18.8. The van der Waals surface area contributed by atoms with Crippen LogP contribution in [0.2, 0.25) is 15.1 Å². The molecule has 9 aromatic carbocycles. The van der Waals surface area contributed by atoms with E-state index in [1.165, 1.54) is 114 Å². The van der Waals surface area contributed by atoms with Gasteiger partial charge < -0.3 is 73.2 Å². The van der Waals surface area contributed by atoms with Gasteiger partial charge in [-0.1, -0.05) is 126 Å². The second kappa shape index (κ2) is 42.5. The number of carbonyl (C=O) groups is 11. The van der Waals surface area contributed by atoms with E-state index in [2.05, 4.69) is 53.8 Å². The van der Waals surface area contributed by atoms with E-state index in [9.17, 15) is 80.2 Å². The van der Waals surface area contributed by atoms with Gasteiger partial charge in [0, 0.05) is 114 Å². The van der Waals surface area contributed by atoms with Crippen LogP contribution in [0.3, 0.4) is 0 Å². The maximum Gasteiger partial charge on any atom is 0.335 e. The molecule has 10 atom stereocenters. The van der Waals surface area contributed by atoms with Crippen molar-refractivity contribution in [3.05, 3.63) is 237 Å². The molecule has 752 valence electrons. The molecule has 6 saturated heterocycles. The fraction of sp³-hybridized carbons (Fsp3) is 0.324. The van der Waals surface area contributed by atoms with Gasteiger partial charge in [0.2, 0.25) is 41.5 Å². The van der Waals surface area contributed by atoms with Crippen molar-refractivity contribution in [2.75, 3.05) is 54.1 Å². The molecule has 3 aliphatic carbocycles. The average molecular weight is 2050 g/mol. The first-order chi connectivity index (χ1) is 69.4. The predicted octanol–water partition coefficient (Wildman–Crippen LogP) is 15.8. The third-order valence-electron chi connectivity index (χ3n) is 26.9. The lowest BCUT2D eigenvalue weighted by molar-refractivity contribution is -0.138. The number of piperidine rings is 5. The third-order valence-corrected chi connectivity index (χ3v) is 27.9. The van der Waals surface area contributed by atoms with Gasteiger partial charge in [0.25, 0.3) is 29.6 Å². The quantitative estimate of drug-likeness (QED) is 0.0183. The van der Waals surface area contributed by atoms with E-state index in [1.807, 2.05) is 0 Å². The zero-order valence-electron chi connectivity index (χ0n) is 77.4. The number of carboxylic acid groups (broad SMARTS) is 1. The fourth-order valence-corrected chi connectivity index (χ4v) is 20.4. The number of hydrogen-bond donors (Lipinski definition) is 9. The molecular formula is C102H95Cl3F7N19O14. The summed E-state index contributed by atoms with van der Waals surface area (Å²) < 4.78 is 108. The number of anilines is 4. The Morgan fingerprint density at radius 2 is 0.876 bits per heavy atom. The van der Waals surface area contributed by atoms with Crippen molar-refractivity contribution in [1.82, 2.24) is 54.3 Å². The number of nitrogens with one attached hydrogen (secondary N) is 5. The minimum Gasteiger partial charge on any atom is -0.478 e. The Bertz CT molecular complexity index is 6990. The average Bonchev–Trinajstić information content (AvgIpc) is 1.58. The number of fused-ring (bicyclic) bond motifs is 6. The second-order valence-electron chi connectivity index (χ2n) is 36.8. The number of ether oxygens (including phenoxy) is 1. The van der Waals surface area contributed by atoms with Gasteiger partial charge in [-0.2, -0.15) is 20.3 Å². The zero-order chi connectivity index (χ0) is 103. The zero-order valence-corrected chi connectivity index (χ0v) is 79.7. The third kappa shape index (κ3) is 22.4. The van der Waals surface area contributed by atoms with Crippen LogP contribution >= 0.6 is 34.8 Å². The molecule has 43 heteroatoms. The van der Waals surface area contributed by atoms with Gasteiger partial charge in [0.15, 0.2) is 34.5 Å². The first-order valence-electron chi connectivity index (χ1n) is 46.7. The Labute approximate surface area is 837 Å². The fourth-order valence-electron chi connectivity index (χ4n) is 19.7. The number of halogens is 10. The summed E-state index contributed by atoms with van der Waals surface area (Å²) in [5.41, 5.74) is 19.8. The minimum absolute atomic E-state index is 0.0154. The van der Waals surface area contributed by atoms with Gasteiger partial charge in [-0.3, -0.25) is 57.2 Å². The molecule has 3 aromatic heterocycles. The lowest BCUT2D eigenvalue weighted by atomic mass is 10.0. The highest BCUT2D eigenvalue weighted by molar-refractivity contribution is 6.34. The Hall–Kier alpha value is -15.0. The van der Waals surface area contributed by atoms with Crippen LogP contribution in [-0.2, 0) is 57.9 Å². The summed E-state index contributed by atoms with van der Waals surface area (Å²) in [7, 11) is 0. The van der Waals surface area contributed by atoms with E-state index < -0.39 is 113 Å². The first-order valence-corrected chi connectivity index (χ1v) is 47.9. The van der Waals surface area contributed by atoms with Gasteiger partial charge >= 0.3 is 12.0 Å². The van der Waals surface area contributed by atoms with Crippen molar-refractivity contribution >= 4 is 167 Å². The van der Waals surface area contributed by atoms with Crippen LogP contribution in [0, 0.1) is 35.2 Å². The van der Waals surface area contributed by atoms with Crippen LogP contribution in [0.15, 0.2) is 187 Å². The number of rotatable bonds is 21. The summed E-state index contributed by atoms with van der Waals surface area (Å²) in [6.07, 6.45) is 8.59. The first kappa shape index (κ1) is 102. The highest BCUT2D eigenvalue weighted by atomic mass is 35.5. The van der Waals surface area contributed by atoms with Crippen LogP contribution in [0.25, 0.3) is 66.1 Å². The Kier molecular flexibility index (Phi) is 29.8. The molecule has 12 N–H and O–H groups in total. The number of nitrogens with zero attached hydrogens (tertiary/aromatic N) is 11. The molecule has 0 bridgehead atoms. The molecule has 6 aliphatic heterocycles. The van der Waals surface area contributed by atoms with Crippen LogP contribution in [-0.4, -0.2) is 212 Å². The number of aromatic nitrogens is 6. The minimum atomic E-state index is -2.97. The monoisotopic (exact) mass is 2050 g/mol. The number of hydrogen-bond acceptors (Lipinski definition) is 18. The molecule has 9 aliphatic rings. The van der Waals surface area contributed by atoms with Crippen LogP contribution in [0.1, 0.15) is 126 Å². The lowest BCUT2D eigenvalue weighted by Gasteiger charge is -2.32. The SMILES string of the molecule is CC1CCCO1.FC1(F)CCCNC1.NC(=O)c1nn(CC(=O)N2[C@@H]3C[C@@H]3C[C@H]2C(=O)Nc2cccc(-c3ccccc3Cl)c2F)c2ccc(C(=O)O)cc12.NC(=O)c1nn(CC(=O)N2[C@@H]3C[C@@H]3C[C@H]2C(=O)Nc2cccc(-c3ccccc3Cl)c2F)c2ccc(N=C=O)cc12.NC(=O)c1nn(CC(=O)N2[C@@H]3C[C@@H]3C[C@H]2C(=O)Nc2cccc(-c3ccccc3Cl)c2F)c2ccc(NC(=O)N3CCCC(F)(F)C3)cc12. The largest absolute Gasteiger partial charge is 0.478 e. The second-order valence-corrected chi connectivity index (χ2v) is 38.0. The maximum atomic E-state index is 15.6. The van der Waals surface area contributed by atoms with Gasteiger partial charge in [-0.25, -0.2) is 45.1 Å². The smallest absolute Gasteiger partial charge is 0.335 e. The number of benzene rings is 9. The molecule has 9 heterocycles. The van der Waals surface area contributed by atoms with E-state index in [4.69, 9.17) is 56.7 Å². The summed E-state index contributed by atoms with van der Waals surface area (Å²) in [6, 6.07) is 43.8. The topological polar surface area (TPSA) is 451 Å². The van der Waals surface area contributed by atoms with E-state index in [-0.39, 0.29) is 172 Å². The van der Waals surface area contributed by atoms with Crippen molar-refractivity contribution in [3.8, 4) is 33.4 Å². The standard InChI is InChI=1S/C34H31ClF3N7O4.C29H22ClFN6O4.C29H23ClFN5O5.C5H9F2N.C5H10O/c35-23-7-2-1-5-20(23)21-6-3-8-24(29(21)36)41-32(48)27-14-18-13-26(18)45(27)28(46)16-44-25-10-9-19(15-22(25)30(42-44)31(39)47)40-33(49)43-12-4-11-34(37,38)17-43;30-20-6-2-1-4-17(20)18-5-3-7-21(26(18)31)34-29(41)24-11-15-10-23(15)37(24)25(39)13-36-22-9-8-16(33-14-38)12-19(22)27(35-36)28(32)40;30-19-6-2-1-4-16(19)17-5-3-7-20(25(17)31)33-28(39)23-12-15-11-22(15)36(23)24(37)13-35-21-9-8-14(29(40)41)10-18(21)26(34-35)27(32)38;6-5(7)2-1-3-8-4-5;1-5-3-2-4-6-5/h1-3,5-10,15,18,26-27H,4,11-14,16-17H2,(H2,39,47)(H,40,49)(H,41,48);1-9,12,15,23-24H,10-11,13H2,(H2,32,40)(H,34,41);1-10,15,22-23H,11-13H2,(H2,32,38)(H,33,39)(H,40,41);8H,1-4H2;5H,2-4H2,1H3/t18-,26-,27+;15-,23-,24+;15-,22-,23+;;/m111../s1. The maximum absolute atomic E-state index is 15.6. The number of aliphatic imine (C=N–C) groups is 1. The number of alkyl halides is 4. The number of carboxylic acids is 1. The van der Waals surface area contributed by atoms with Crippen molar-refractivity contribution < 1.29 is 98.1 Å².